The second-order valence-corrected chi connectivity index (χ2v) is 5.73. The zero-order valence-corrected chi connectivity index (χ0v) is 13.4. The molecule has 2 aromatic carbocycles. The molecule has 2 aromatic rings. The van der Waals surface area contributed by atoms with Crippen LogP contribution in [0.25, 0.3) is 0 Å². The van der Waals surface area contributed by atoms with E-state index in [1.165, 1.54) is 23.3 Å². The maximum atomic E-state index is 13.2. The van der Waals surface area contributed by atoms with Gasteiger partial charge in [0.05, 0.1) is 6.04 Å². The molecule has 0 fully saturated rings. The lowest BCUT2D eigenvalue weighted by atomic mass is 9.94. The van der Waals surface area contributed by atoms with Crippen molar-refractivity contribution in [3.63, 3.8) is 0 Å². The maximum Gasteiger partial charge on any atom is 0.124 e. The summed E-state index contributed by atoms with van der Waals surface area (Å²) in [6.07, 6.45) is 2.02. The molecule has 3 heteroatoms. The van der Waals surface area contributed by atoms with E-state index in [-0.39, 0.29) is 11.9 Å². The summed E-state index contributed by atoms with van der Waals surface area (Å²) < 4.78 is 13.9. The van der Waals surface area contributed by atoms with Crippen LogP contribution < -0.4 is 5.73 Å². The molecule has 0 aromatic heterocycles. The van der Waals surface area contributed by atoms with Crippen molar-refractivity contribution in [3.05, 3.63) is 68.9 Å². The van der Waals surface area contributed by atoms with Gasteiger partial charge in [-0.15, -0.1) is 0 Å². The second-order valence-electron chi connectivity index (χ2n) is 4.88. The highest BCUT2D eigenvalue weighted by atomic mass is 79.9. The third-order valence-electron chi connectivity index (χ3n) is 3.65. The number of halogens is 2. The van der Waals surface area contributed by atoms with Crippen LogP contribution >= 0.6 is 15.9 Å². The summed E-state index contributed by atoms with van der Waals surface area (Å²) >= 11 is 3.39. The maximum absolute atomic E-state index is 13.2. The molecule has 0 saturated carbocycles. The Morgan fingerprint density at radius 2 is 1.75 bits per heavy atom. The number of hydrogen-bond donors (Lipinski definition) is 1. The Labute approximate surface area is 128 Å². The van der Waals surface area contributed by atoms with Gasteiger partial charge in [0, 0.05) is 4.47 Å². The highest BCUT2D eigenvalue weighted by Crippen LogP contribution is 2.28. The first kappa shape index (κ1) is 15.2. The second kappa shape index (κ2) is 6.51. The fraction of sp³-hybridized carbons (Fsp3) is 0.294. The molecule has 0 bridgehead atoms. The number of benzene rings is 2. The molecule has 2 rings (SSSR count). The third-order valence-corrected chi connectivity index (χ3v) is 4.34. The lowest BCUT2D eigenvalue weighted by molar-refractivity contribution is 0.625. The Hall–Kier alpha value is -1.19. The Morgan fingerprint density at radius 3 is 2.35 bits per heavy atom. The first-order valence-electron chi connectivity index (χ1n) is 6.89. The van der Waals surface area contributed by atoms with Gasteiger partial charge >= 0.3 is 0 Å². The molecule has 1 unspecified atom stereocenters. The van der Waals surface area contributed by atoms with Crippen molar-refractivity contribution >= 4 is 15.9 Å². The van der Waals surface area contributed by atoms with Gasteiger partial charge in [-0.2, -0.15) is 0 Å². The largest absolute Gasteiger partial charge is 0.320 e. The van der Waals surface area contributed by atoms with Crippen molar-refractivity contribution < 1.29 is 4.39 Å². The first-order chi connectivity index (χ1) is 9.56. The van der Waals surface area contributed by atoms with Gasteiger partial charge < -0.3 is 5.73 Å². The Morgan fingerprint density at radius 1 is 1.05 bits per heavy atom. The van der Waals surface area contributed by atoms with Crippen LogP contribution in [0, 0.1) is 5.82 Å². The smallest absolute Gasteiger partial charge is 0.124 e. The summed E-state index contributed by atoms with van der Waals surface area (Å²) in [6, 6.07) is 10.8. The fourth-order valence-corrected chi connectivity index (χ4v) is 3.04. The van der Waals surface area contributed by atoms with Gasteiger partial charge in [-0.25, -0.2) is 4.39 Å². The third kappa shape index (κ3) is 3.10. The van der Waals surface area contributed by atoms with Gasteiger partial charge in [0.1, 0.15) is 5.82 Å². The SMILES string of the molecule is CCc1ccc(C(N)c2ccc(F)cc2Br)cc1CC. The minimum Gasteiger partial charge on any atom is -0.320 e. The lowest BCUT2D eigenvalue weighted by Gasteiger charge is -2.17. The van der Waals surface area contributed by atoms with Crippen LogP contribution in [0.1, 0.15) is 42.1 Å². The highest BCUT2D eigenvalue weighted by molar-refractivity contribution is 9.10. The van der Waals surface area contributed by atoms with Crippen LogP contribution in [-0.4, -0.2) is 0 Å². The predicted molar refractivity (Wildman–Crippen MR) is 85.3 cm³/mol. The quantitative estimate of drug-likeness (QED) is 0.856. The Balaban J connectivity index is 2.40. The van der Waals surface area contributed by atoms with E-state index in [1.807, 2.05) is 0 Å². The van der Waals surface area contributed by atoms with Crippen molar-refractivity contribution in [2.75, 3.05) is 0 Å². The summed E-state index contributed by atoms with van der Waals surface area (Å²) in [6.45, 7) is 4.31. The molecule has 0 aliphatic heterocycles. The van der Waals surface area contributed by atoms with Crippen molar-refractivity contribution in [1.29, 1.82) is 0 Å². The fourth-order valence-electron chi connectivity index (χ4n) is 2.45. The van der Waals surface area contributed by atoms with Crippen molar-refractivity contribution in [2.24, 2.45) is 5.73 Å². The summed E-state index contributed by atoms with van der Waals surface area (Å²) in [4.78, 5) is 0. The highest BCUT2D eigenvalue weighted by Gasteiger charge is 2.14. The summed E-state index contributed by atoms with van der Waals surface area (Å²) in [5.41, 5.74) is 11.0. The van der Waals surface area contributed by atoms with Crippen LogP contribution in [-0.2, 0) is 12.8 Å². The first-order valence-corrected chi connectivity index (χ1v) is 7.68. The van der Waals surface area contributed by atoms with E-state index in [9.17, 15) is 4.39 Å². The molecular weight excluding hydrogens is 317 g/mol. The molecule has 1 nitrogen and oxygen atoms in total. The van der Waals surface area contributed by atoms with E-state index in [1.54, 1.807) is 6.07 Å². The lowest BCUT2D eigenvalue weighted by Crippen LogP contribution is -2.13. The van der Waals surface area contributed by atoms with Crippen LogP contribution in [0.5, 0.6) is 0 Å². The van der Waals surface area contributed by atoms with E-state index in [0.29, 0.717) is 4.47 Å². The van der Waals surface area contributed by atoms with Crippen LogP contribution in [0.3, 0.4) is 0 Å². The molecule has 0 spiro atoms. The van der Waals surface area contributed by atoms with E-state index in [0.717, 1.165) is 24.0 Å². The standard InChI is InChI=1S/C17H19BrFN/c1-3-11-5-6-13(9-12(11)4-2)17(20)15-8-7-14(19)10-16(15)18/h5-10,17H,3-4,20H2,1-2H3. The summed E-state index contributed by atoms with van der Waals surface area (Å²) in [5.74, 6) is -0.261. The molecule has 0 radical (unpaired) electrons. The monoisotopic (exact) mass is 335 g/mol. The van der Waals surface area contributed by atoms with Crippen LogP contribution in [0.15, 0.2) is 40.9 Å². The molecule has 0 amide bonds. The molecule has 0 aliphatic rings. The Kier molecular flexibility index (Phi) is 4.95. The van der Waals surface area contributed by atoms with Gasteiger partial charge in [0.25, 0.3) is 0 Å². The molecule has 1 atom stereocenters. The van der Waals surface area contributed by atoms with E-state index in [2.05, 4.69) is 48.0 Å². The van der Waals surface area contributed by atoms with Crippen LogP contribution in [0.4, 0.5) is 4.39 Å². The van der Waals surface area contributed by atoms with Gasteiger partial charge in [-0.05, 0) is 47.2 Å². The summed E-state index contributed by atoms with van der Waals surface area (Å²) in [5, 5.41) is 0. The number of aryl methyl sites for hydroxylation is 2. The van der Waals surface area contributed by atoms with Gasteiger partial charge in [-0.3, -0.25) is 0 Å². The molecule has 2 N–H and O–H groups in total. The van der Waals surface area contributed by atoms with E-state index >= 15 is 0 Å². The zero-order chi connectivity index (χ0) is 14.7. The van der Waals surface area contributed by atoms with E-state index in [4.69, 9.17) is 5.73 Å². The molecule has 0 saturated heterocycles. The number of hydrogen-bond acceptors (Lipinski definition) is 1. The minimum atomic E-state index is -0.261. The normalized spacial score (nSPS) is 12.4. The van der Waals surface area contributed by atoms with Crippen molar-refractivity contribution in [1.82, 2.24) is 0 Å². The van der Waals surface area contributed by atoms with E-state index < -0.39 is 0 Å². The Bertz CT molecular complexity index is 610. The molecule has 106 valence electrons. The number of rotatable bonds is 4. The van der Waals surface area contributed by atoms with Crippen molar-refractivity contribution in [2.45, 2.75) is 32.7 Å². The zero-order valence-electron chi connectivity index (χ0n) is 11.8. The average Bonchev–Trinajstić information content (AvgIpc) is 2.45. The van der Waals surface area contributed by atoms with Crippen LogP contribution in [0.2, 0.25) is 0 Å². The minimum absolute atomic E-state index is 0.249. The molecule has 0 heterocycles. The van der Waals surface area contributed by atoms with Gasteiger partial charge in [-0.1, -0.05) is 54.0 Å². The molecule has 0 aliphatic carbocycles. The van der Waals surface area contributed by atoms with Gasteiger partial charge in [0.2, 0.25) is 0 Å². The van der Waals surface area contributed by atoms with Crippen molar-refractivity contribution in [3.8, 4) is 0 Å². The average molecular weight is 336 g/mol. The number of nitrogens with two attached hydrogens (primary N) is 1. The molecular formula is C17H19BrFN. The predicted octanol–water partition coefficient (Wildman–Crippen LogP) is 4.76. The summed E-state index contributed by atoms with van der Waals surface area (Å²) in [7, 11) is 0. The topological polar surface area (TPSA) is 26.0 Å². The van der Waals surface area contributed by atoms with Gasteiger partial charge in [0.15, 0.2) is 0 Å². The molecule has 20 heavy (non-hydrogen) atoms.